The normalized spacial score (nSPS) is 12.8. The van der Waals surface area contributed by atoms with Crippen molar-refractivity contribution in [2.45, 2.75) is 39.3 Å². The zero-order valence-electron chi connectivity index (χ0n) is 12.1. The summed E-state index contributed by atoms with van der Waals surface area (Å²) < 4.78 is 3.80. The van der Waals surface area contributed by atoms with Gasteiger partial charge in [-0.2, -0.15) is 5.10 Å². The second kappa shape index (κ2) is 5.97. The van der Waals surface area contributed by atoms with Gasteiger partial charge in [0.25, 0.3) is 0 Å². The van der Waals surface area contributed by atoms with Gasteiger partial charge in [0.15, 0.2) is 0 Å². The quantitative estimate of drug-likeness (QED) is 0.847. The smallest absolute Gasteiger partial charge is 0.0846 e. The van der Waals surface area contributed by atoms with Gasteiger partial charge in [-0.3, -0.25) is 9.36 Å². The molecule has 0 saturated carbocycles. The molecule has 1 atom stereocenters. The predicted molar refractivity (Wildman–Crippen MR) is 73.8 cm³/mol. The molecule has 2 heterocycles. The van der Waals surface area contributed by atoms with Crippen molar-refractivity contribution in [3.63, 3.8) is 0 Å². The Balaban J connectivity index is 2.23. The van der Waals surface area contributed by atoms with Crippen LogP contribution in [0.4, 0.5) is 0 Å². The standard InChI is InChI=1S/C13H22N6/c1-5-10-8-13(19(6-2)16-10)12(14-3)7-11-9-18(4)17-15-11/h8-9,12,14H,5-7H2,1-4H3. The van der Waals surface area contributed by atoms with Crippen molar-refractivity contribution in [2.24, 2.45) is 7.05 Å². The maximum Gasteiger partial charge on any atom is 0.0846 e. The Kier molecular flexibility index (Phi) is 4.31. The second-order valence-electron chi connectivity index (χ2n) is 4.66. The summed E-state index contributed by atoms with van der Waals surface area (Å²) in [6.07, 6.45) is 3.73. The maximum atomic E-state index is 4.60. The first kappa shape index (κ1) is 13.7. The summed E-state index contributed by atoms with van der Waals surface area (Å²) in [5.74, 6) is 0. The van der Waals surface area contributed by atoms with Gasteiger partial charge in [0.1, 0.15) is 0 Å². The molecule has 0 bridgehead atoms. The van der Waals surface area contributed by atoms with Crippen molar-refractivity contribution in [1.82, 2.24) is 30.1 Å². The van der Waals surface area contributed by atoms with Gasteiger partial charge in [-0.05, 0) is 26.5 Å². The number of aryl methyl sites for hydroxylation is 3. The third kappa shape index (κ3) is 3.01. The summed E-state index contributed by atoms with van der Waals surface area (Å²) >= 11 is 0. The molecular weight excluding hydrogens is 240 g/mol. The number of nitrogens with zero attached hydrogens (tertiary/aromatic N) is 5. The van der Waals surface area contributed by atoms with Gasteiger partial charge in [0, 0.05) is 26.2 Å². The van der Waals surface area contributed by atoms with E-state index in [-0.39, 0.29) is 6.04 Å². The molecule has 0 amide bonds. The molecule has 0 radical (unpaired) electrons. The topological polar surface area (TPSA) is 60.6 Å². The van der Waals surface area contributed by atoms with E-state index in [1.165, 1.54) is 5.69 Å². The maximum absolute atomic E-state index is 4.60. The van der Waals surface area contributed by atoms with E-state index in [1.54, 1.807) is 4.68 Å². The summed E-state index contributed by atoms with van der Waals surface area (Å²) in [7, 11) is 3.86. The van der Waals surface area contributed by atoms with Crippen molar-refractivity contribution in [3.8, 4) is 0 Å². The number of hydrogen-bond donors (Lipinski definition) is 1. The fraction of sp³-hybridized carbons (Fsp3) is 0.615. The van der Waals surface area contributed by atoms with Crippen LogP contribution >= 0.6 is 0 Å². The fourth-order valence-electron chi connectivity index (χ4n) is 2.25. The molecule has 2 aromatic heterocycles. The molecule has 1 unspecified atom stereocenters. The predicted octanol–water partition coefficient (Wildman–Crippen LogP) is 1.10. The van der Waals surface area contributed by atoms with E-state index in [4.69, 9.17) is 0 Å². The molecule has 19 heavy (non-hydrogen) atoms. The molecule has 0 spiro atoms. The van der Waals surface area contributed by atoms with Gasteiger partial charge in [-0.25, -0.2) is 0 Å². The van der Waals surface area contributed by atoms with Crippen LogP contribution in [0.15, 0.2) is 12.3 Å². The van der Waals surface area contributed by atoms with Crippen molar-refractivity contribution >= 4 is 0 Å². The van der Waals surface area contributed by atoms with Crippen LogP contribution in [-0.4, -0.2) is 31.8 Å². The summed E-state index contributed by atoms with van der Waals surface area (Å²) in [4.78, 5) is 0. The van der Waals surface area contributed by atoms with E-state index >= 15 is 0 Å². The number of nitrogens with one attached hydrogen (secondary N) is 1. The summed E-state index contributed by atoms with van der Waals surface area (Å²) in [5.41, 5.74) is 3.34. The average molecular weight is 262 g/mol. The summed E-state index contributed by atoms with van der Waals surface area (Å²) in [5, 5.41) is 16.1. The molecule has 0 aliphatic rings. The van der Waals surface area contributed by atoms with Crippen molar-refractivity contribution in [1.29, 1.82) is 0 Å². The highest BCUT2D eigenvalue weighted by Gasteiger charge is 2.17. The van der Waals surface area contributed by atoms with E-state index in [1.807, 2.05) is 20.3 Å². The van der Waals surface area contributed by atoms with Crippen LogP contribution in [0, 0.1) is 0 Å². The average Bonchev–Trinajstić information content (AvgIpc) is 3.01. The van der Waals surface area contributed by atoms with Crippen LogP contribution in [0.2, 0.25) is 0 Å². The zero-order chi connectivity index (χ0) is 13.8. The lowest BCUT2D eigenvalue weighted by Gasteiger charge is -2.16. The van der Waals surface area contributed by atoms with E-state index in [0.717, 1.165) is 30.8 Å². The molecule has 2 aromatic rings. The Morgan fingerprint density at radius 2 is 2.11 bits per heavy atom. The molecule has 104 valence electrons. The highest BCUT2D eigenvalue weighted by Crippen LogP contribution is 2.18. The molecule has 2 rings (SSSR count). The Morgan fingerprint density at radius 3 is 2.63 bits per heavy atom. The van der Waals surface area contributed by atoms with Crippen molar-refractivity contribution in [3.05, 3.63) is 29.3 Å². The van der Waals surface area contributed by atoms with E-state index in [0.29, 0.717) is 0 Å². The lowest BCUT2D eigenvalue weighted by molar-refractivity contribution is 0.508. The van der Waals surface area contributed by atoms with Gasteiger partial charge in [-0.15, -0.1) is 5.10 Å². The van der Waals surface area contributed by atoms with Crippen LogP contribution in [0.25, 0.3) is 0 Å². The fourth-order valence-corrected chi connectivity index (χ4v) is 2.25. The van der Waals surface area contributed by atoms with Crippen LogP contribution in [0.1, 0.15) is 37.0 Å². The first-order valence-electron chi connectivity index (χ1n) is 6.77. The van der Waals surface area contributed by atoms with Crippen molar-refractivity contribution < 1.29 is 0 Å². The van der Waals surface area contributed by atoms with Crippen LogP contribution in [0.3, 0.4) is 0 Å². The van der Waals surface area contributed by atoms with Gasteiger partial charge >= 0.3 is 0 Å². The lowest BCUT2D eigenvalue weighted by Crippen LogP contribution is -2.22. The van der Waals surface area contributed by atoms with Gasteiger partial charge in [0.2, 0.25) is 0 Å². The molecule has 6 heteroatoms. The van der Waals surface area contributed by atoms with E-state index in [9.17, 15) is 0 Å². The second-order valence-corrected chi connectivity index (χ2v) is 4.66. The largest absolute Gasteiger partial charge is 0.311 e. The first-order chi connectivity index (χ1) is 9.17. The van der Waals surface area contributed by atoms with E-state index in [2.05, 4.69) is 45.3 Å². The summed E-state index contributed by atoms with van der Waals surface area (Å²) in [6.45, 7) is 5.13. The van der Waals surface area contributed by atoms with Gasteiger partial charge in [0.05, 0.1) is 23.1 Å². The number of rotatable bonds is 6. The molecule has 0 aliphatic carbocycles. The van der Waals surface area contributed by atoms with Crippen LogP contribution in [-0.2, 0) is 26.4 Å². The highest BCUT2D eigenvalue weighted by molar-refractivity contribution is 5.16. The lowest BCUT2D eigenvalue weighted by atomic mass is 10.1. The highest BCUT2D eigenvalue weighted by atomic mass is 15.4. The molecule has 0 aromatic carbocycles. The Bertz CT molecular complexity index is 527. The third-order valence-electron chi connectivity index (χ3n) is 3.29. The number of aromatic nitrogens is 5. The minimum atomic E-state index is 0.212. The Labute approximate surface area is 113 Å². The zero-order valence-corrected chi connectivity index (χ0v) is 12.1. The molecule has 0 saturated heterocycles. The molecule has 0 fully saturated rings. The SMILES string of the molecule is CCc1cc(C(Cc2cn(C)nn2)NC)n(CC)n1. The molecular formula is C13H22N6. The minimum absolute atomic E-state index is 0.212. The van der Waals surface area contributed by atoms with Crippen LogP contribution < -0.4 is 5.32 Å². The minimum Gasteiger partial charge on any atom is -0.311 e. The van der Waals surface area contributed by atoms with Gasteiger partial charge in [-0.1, -0.05) is 12.1 Å². The Hall–Kier alpha value is -1.69. The molecule has 6 nitrogen and oxygen atoms in total. The summed E-state index contributed by atoms with van der Waals surface area (Å²) in [6, 6.07) is 2.39. The van der Waals surface area contributed by atoms with Crippen molar-refractivity contribution in [2.75, 3.05) is 7.05 Å². The number of likely N-dealkylation sites (N-methyl/N-ethyl adjacent to an activating group) is 1. The van der Waals surface area contributed by atoms with Gasteiger partial charge < -0.3 is 5.32 Å². The molecule has 1 N–H and O–H groups in total. The third-order valence-corrected chi connectivity index (χ3v) is 3.29. The molecule has 0 aliphatic heterocycles. The monoisotopic (exact) mass is 262 g/mol. The Morgan fingerprint density at radius 1 is 1.32 bits per heavy atom. The van der Waals surface area contributed by atoms with Crippen LogP contribution in [0.5, 0.6) is 0 Å². The first-order valence-corrected chi connectivity index (χ1v) is 6.77. The number of hydrogen-bond acceptors (Lipinski definition) is 4. The van der Waals surface area contributed by atoms with E-state index < -0.39 is 0 Å².